The van der Waals surface area contributed by atoms with Crippen molar-refractivity contribution in [3.05, 3.63) is 94.6 Å². The predicted octanol–water partition coefficient (Wildman–Crippen LogP) is 5.95. The van der Waals surface area contributed by atoms with Gasteiger partial charge in [0.05, 0.1) is 16.1 Å². The van der Waals surface area contributed by atoms with Crippen molar-refractivity contribution in [2.75, 3.05) is 5.32 Å². The lowest BCUT2D eigenvalue weighted by Gasteiger charge is -2.16. The van der Waals surface area contributed by atoms with Crippen molar-refractivity contribution < 1.29 is 8.42 Å². The molecule has 0 spiro atoms. The normalized spacial score (nSPS) is 11.6. The summed E-state index contributed by atoms with van der Waals surface area (Å²) in [6.45, 7) is 4.51. The number of hydrogen-bond donors (Lipinski definition) is 1. The van der Waals surface area contributed by atoms with Crippen LogP contribution >= 0.6 is 11.6 Å². The molecule has 0 saturated heterocycles. The lowest BCUT2D eigenvalue weighted by atomic mass is 10.1. The molecule has 1 N–H and O–H groups in total. The summed E-state index contributed by atoms with van der Waals surface area (Å²) >= 11 is 5.94. The number of aryl methyl sites for hydroxylation is 2. The van der Waals surface area contributed by atoms with Crippen molar-refractivity contribution in [1.82, 2.24) is 4.98 Å². The van der Waals surface area contributed by atoms with Crippen molar-refractivity contribution in [2.24, 2.45) is 0 Å². The Morgan fingerprint density at radius 3 is 2.27 bits per heavy atom. The molecule has 0 aliphatic rings. The summed E-state index contributed by atoms with van der Waals surface area (Å²) in [5, 5.41) is 4.62. The zero-order valence-electron chi connectivity index (χ0n) is 16.7. The standard InChI is InChI=1S/C24H21ClN2O2S/c1-16-3-6-18(7-4-16)14-27-24-21-13-17(2)5-12-22(21)26-15-23(24)30(28,29)20-10-8-19(25)9-11-20/h3-13,15H,14H2,1-2H3,(H,26,27). The van der Waals surface area contributed by atoms with E-state index in [-0.39, 0.29) is 9.79 Å². The maximum atomic E-state index is 13.4. The number of nitrogens with zero attached hydrogens (tertiary/aromatic N) is 1. The van der Waals surface area contributed by atoms with Gasteiger partial charge in [-0.15, -0.1) is 0 Å². The largest absolute Gasteiger partial charge is 0.379 e. The third kappa shape index (κ3) is 4.04. The van der Waals surface area contributed by atoms with Crippen LogP contribution in [0, 0.1) is 13.8 Å². The van der Waals surface area contributed by atoms with Gasteiger partial charge in [0, 0.05) is 23.2 Å². The van der Waals surface area contributed by atoms with E-state index in [1.165, 1.54) is 23.9 Å². The summed E-state index contributed by atoms with van der Waals surface area (Å²) in [5.74, 6) is 0. The van der Waals surface area contributed by atoms with Crippen molar-refractivity contribution in [1.29, 1.82) is 0 Å². The fourth-order valence-electron chi connectivity index (χ4n) is 3.31. The maximum Gasteiger partial charge on any atom is 0.210 e. The molecular weight excluding hydrogens is 416 g/mol. The molecule has 152 valence electrons. The van der Waals surface area contributed by atoms with Crippen molar-refractivity contribution in [3.63, 3.8) is 0 Å². The Kier molecular flexibility index (Phi) is 5.50. The minimum atomic E-state index is -3.79. The molecule has 4 nitrogen and oxygen atoms in total. The Hall–Kier alpha value is -2.89. The SMILES string of the molecule is Cc1ccc(CNc2c(S(=O)(=O)c3ccc(Cl)cc3)cnc3ccc(C)cc23)cc1. The highest BCUT2D eigenvalue weighted by atomic mass is 35.5. The van der Waals surface area contributed by atoms with E-state index < -0.39 is 9.84 Å². The van der Waals surface area contributed by atoms with Crippen LogP contribution in [0.15, 0.2) is 82.7 Å². The van der Waals surface area contributed by atoms with Gasteiger partial charge in [-0.25, -0.2) is 8.42 Å². The summed E-state index contributed by atoms with van der Waals surface area (Å²) in [6, 6.07) is 20.2. The Bertz CT molecular complexity index is 1320. The highest BCUT2D eigenvalue weighted by Gasteiger charge is 2.24. The lowest BCUT2D eigenvalue weighted by molar-refractivity contribution is 0.596. The monoisotopic (exact) mass is 436 g/mol. The average molecular weight is 437 g/mol. The molecular formula is C24H21ClN2O2S. The molecule has 4 aromatic rings. The molecule has 0 saturated carbocycles. The van der Waals surface area contributed by atoms with E-state index in [4.69, 9.17) is 11.6 Å². The first-order valence-corrected chi connectivity index (χ1v) is 11.4. The molecule has 1 aromatic heterocycles. The van der Waals surface area contributed by atoms with Gasteiger partial charge in [0.1, 0.15) is 4.90 Å². The second-order valence-corrected chi connectivity index (χ2v) is 9.67. The fraction of sp³-hybridized carbons (Fsp3) is 0.125. The maximum absolute atomic E-state index is 13.4. The number of hydrogen-bond acceptors (Lipinski definition) is 4. The molecule has 0 aliphatic carbocycles. The lowest BCUT2D eigenvalue weighted by Crippen LogP contribution is -2.09. The third-order valence-electron chi connectivity index (χ3n) is 4.99. The molecule has 0 aliphatic heterocycles. The first-order chi connectivity index (χ1) is 14.3. The highest BCUT2D eigenvalue weighted by Crippen LogP contribution is 2.34. The van der Waals surface area contributed by atoms with E-state index in [2.05, 4.69) is 10.3 Å². The molecule has 0 amide bonds. The van der Waals surface area contributed by atoms with Gasteiger partial charge < -0.3 is 5.32 Å². The van der Waals surface area contributed by atoms with E-state index in [9.17, 15) is 8.42 Å². The van der Waals surface area contributed by atoms with E-state index in [1.54, 1.807) is 12.1 Å². The quantitative estimate of drug-likeness (QED) is 0.420. The first-order valence-electron chi connectivity index (χ1n) is 9.54. The number of pyridine rings is 1. The van der Waals surface area contributed by atoms with Crippen LogP contribution in [0.3, 0.4) is 0 Å². The van der Waals surface area contributed by atoms with Gasteiger partial charge >= 0.3 is 0 Å². The zero-order chi connectivity index (χ0) is 21.3. The topological polar surface area (TPSA) is 59.1 Å². The fourth-order valence-corrected chi connectivity index (χ4v) is 4.83. The number of fused-ring (bicyclic) bond motifs is 1. The average Bonchev–Trinajstić information content (AvgIpc) is 2.73. The minimum Gasteiger partial charge on any atom is -0.379 e. The molecule has 6 heteroatoms. The number of anilines is 1. The first kappa shape index (κ1) is 20.4. The second kappa shape index (κ2) is 8.09. The Balaban J connectivity index is 1.85. The van der Waals surface area contributed by atoms with Crippen LogP contribution in [0.1, 0.15) is 16.7 Å². The summed E-state index contributed by atoms with van der Waals surface area (Å²) in [6.07, 6.45) is 1.43. The smallest absolute Gasteiger partial charge is 0.210 e. The van der Waals surface area contributed by atoms with Crippen LogP contribution in [0.2, 0.25) is 5.02 Å². The number of sulfone groups is 1. The van der Waals surface area contributed by atoms with Crippen LogP contribution < -0.4 is 5.32 Å². The minimum absolute atomic E-state index is 0.148. The number of rotatable bonds is 5. The number of halogens is 1. The van der Waals surface area contributed by atoms with Crippen molar-refractivity contribution in [3.8, 4) is 0 Å². The summed E-state index contributed by atoms with van der Waals surface area (Å²) in [5.41, 5.74) is 4.56. The highest BCUT2D eigenvalue weighted by molar-refractivity contribution is 7.91. The predicted molar refractivity (Wildman–Crippen MR) is 122 cm³/mol. The molecule has 0 fully saturated rings. The second-order valence-electron chi connectivity index (χ2n) is 7.31. The molecule has 3 aromatic carbocycles. The van der Waals surface area contributed by atoms with Crippen LogP contribution in [0.5, 0.6) is 0 Å². The van der Waals surface area contributed by atoms with Gasteiger partial charge in [0.25, 0.3) is 0 Å². The van der Waals surface area contributed by atoms with Gasteiger partial charge in [-0.3, -0.25) is 4.98 Å². The molecule has 0 radical (unpaired) electrons. The number of aromatic nitrogens is 1. The van der Waals surface area contributed by atoms with Crippen molar-refractivity contribution in [2.45, 2.75) is 30.2 Å². The third-order valence-corrected chi connectivity index (χ3v) is 7.03. The molecule has 1 heterocycles. The molecule has 4 rings (SSSR count). The number of benzene rings is 3. The van der Waals surface area contributed by atoms with Crippen molar-refractivity contribution >= 4 is 38.0 Å². The van der Waals surface area contributed by atoms with Crippen LogP contribution in [0.4, 0.5) is 5.69 Å². The van der Waals surface area contributed by atoms with E-state index >= 15 is 0 Å². The molecule has 0 unspecified atom stereocenters. The van der Waals surface area contributed by atoms with Gasteiger partial charge in [0.2, 0.25) is 9.84 Å². The summed E-state index contributed by atoms with van der Waals surface area (Å²) in [4.78, 5) is 4.74. The van der Waals surface area contributed by atoms with E-state index in [0.717, 1.165) is 22.0 Å². The molecule has 0 bridgehead atoms. The van der Waals surface area contributed by atoms with E-state index in [1.807, 2.05) is 56.3 Å². The van der Waals surface area contributed by atoms with Crippen LogP contribution in [0.25, 0.3) is 10.9 Å². The van der Waals surface area contributed by atoms with Gasteiger partial charge in [0.15, 0.2) is 0 Å². The van der Waals surface area contributed by atoms with Gasteiger partial charge in [-0.1, -0.05) is 53.1 Å². The van der Waals surface area contributed by atoms with Crippen LogP contribution in [-0.4, -0.2) is 13.4 Å². The zero-order valence-corrected chi connectivity index (χ0v) is 18.3. The summed E-state index contributed by atoms with van der Waals surface area (Å²) in [7, 11) is -3.79. The van der Waals surface area contributed by atoms with Gasteiger partial charge in [-0.2, -0.15) is 0 Å². The summed E-state index contributed by atoms with van der Waals surface area (Å²) < 4.78 is 26.9. The number of nitrogens with one attached hydrogen (secondary N) is 1. The van der Waals surface area contributed by atoms with Crippen LogP contribution in [-0.2, 0) is 16.4 Å². The van der Waals surface area contributed by atoms with Gasteiger partial charge in [-0.05, 0) is 55.8 Å². The Morgan fingerprint density at radius 1 is 0.900 bits per heavy atom. The Morgan fingerprint density at radius 2 is 1.57 bits per heavy atom. The molecule has 30 heavy (non-hydrogen) atoms. The van der Waals surface area contributed by atoms with E-state index in [0.29, 0.717) is 17.3 Å². The Labute approximate surface area is 181 Å². The molecule has 0 atom stereocenters.